The lowest BCUT2D eigenvalue weighted by atomic mass is 10.1. The summed E-state index contributed by atoms with van der Waals surface area (Å²) in [4.78, 5) is 36.8. The van der Waals surface area contributed by atoms with Gasteiger partial charge in [-0.3, -0.25) is 14.2 Å². The third kappa shape index (κ3) is 3.59. The molecule has 31 heavy (non-hydrogen) atoms. The van der Waals surface area contributed by atoms with Crippen LogP contribution >= 0.6 is 0 Å². The molecule has 0 fully saturated rings. The van der Waals surface area contributed by atoms with Crippen LogP contribution in [-0.4, -0.2) is 36.4 Å². The number of fused-ring (bicyclic) bond motifs is 3. The SMILES string of the molecule is O=C(NCCc1cnc[nH]1)c1ccc(Cn2c(=O)c3cccn3c3cccnc32)cc1. The molecule has 0 atom stereocenters. The number of aromatic nitrogens is 5. The quantitative estimate of drug-likeness (QED) is 0.448. The second kappa shape index (κ2) is 7.91. The predicted octanol–water partition coefficient (Wildman–Crippen LogP) is 2.39. The molecule has 4 aromatic heterocycles. The van der Waals surface area contributed by atoms with Crippen molar-refractivity contribution in [2.75, 3.05) is 6.54 Å². The van der Waals surface area contributed by atoms with Crippen molar-refractivity contribution < 1.29 is 4.79 Å². The summed E-state index contributed by atoms with van der Waals surface area (Å²) in [7, 11) is 0. The van der Waals surface area contributed by atoms with E-state index in [0.29, 0.717) is 36.2 Å². The van der Waals surface area contributed by atoms with Crippen LogP contribution in [0.4, 0.5) is 0 Å². The first kappa shape index (κ1) is 18.8. The molecule has 8 nitrogen and oxygen atoms in total. The third-order valence-electron chi connectivity index (χ3n) is 5.29. The summed E-state index contributed by atoms with van der Waals surface area (Å²) in [6, 6.07) is 14.8. The van der Waals surface area contributed by atoms with E-state index in [4.69, 9.17) is 0 Å². The summed E-state index contributed by atoms with van der Waals surface area (Å²) in [6.07, 6.45) is 7.60. The number of carbonyl (C=O) groups is 1. The van der Waals surface area contributed by atoms with E-state index in [1.807, 2.05) is 47.0 Å². The standard InChI is InChI=1S/C23H20N6O2/c30-22(26-11-9-18-13-24-15-27-18)17-7-5-16(6-8-17)14-29-21-19(3-1-10-25-21)28-12-2-4-20(28)23(29)31/h1-8,10,12-13,15H,9,11,14H2,(H,24,27)(H,26,30). The van der Waals surface area contributed by atoms with Crippen LogP contribution in [-0.2, 0) is 13.0 Å². The zero-order valence-electron chi connectivity index (χ0n) is 16.7. The van der Waals surface area contributed by atoms with Gasteiger partial charge in [0.05, 0.1) is 18.4 Å². The monoisotopic (exact) mass is 412 g/mol. The molecule has 0 radical (unpaired) electrons. The van der Waals surface area contributed by atoms with Gasteiger partial charge >= 0.3 is 0 Å². The van der Waals surface area contributed by atoms with Gasteiger partial charge < -0.3 is 14.7 Å². The van der Waals surface area contributed by atoms with E-state index in [2.05, 4.69) is 20.3 Å². The van der Waals surface area contributed by atoms with Crippen LogP contribution in [0.2, 0.25) is 0 Å². The molecule has 0 saturated carbocycles. The van der Waals surface area contributed by atoms with E-state index < -0.39 is 0 Å². The Morgan fingerprint density at radius 3 is 2.71 bits per heavy atom. The van der Waals surface area contributed by atoms with Gasteiger partial charge in [0.25, 0.3) is 11.5 Å². The average Bonchev–Trinajstić information content (AvgIpc) is 3.49. The number of aromatic amines is 1. The molecule has 4 heterocycles. The summed E-state index contributed by atoms with van der Waals surface area (Å²) >= 11 is 0. The molecule has 8 heteroatoms. The highest BCUT2D eigenvalue weighted by molar-refractivity contribution is 5.94. The molecule has 5 rings (SSSR count). The molecule has 154 valence electrons. The van der Waals surface area contributed by atoms with Gasteiger partial charge in [0.15, 0.2) is 5.65 Å². The van der Waals surface area contributed by atoms with Gasteiger partial charge in [-0.05, 0) is 42.0 Å². The molecule has 0 aliphatic heterocycles. The normalized spacial score (nSPS) is 11.2. The number of carbonyl (C=O) groups excluding carboxylic acids is 1. The number of pyridine rings is 1. The molecule has 0 unspecified atom stereocenters. The zero-order chi connectivity index (χ0) is 21.2. The Hall–Kier alpha value is -4.20. The van der Waals surface area contributed by atoms with Crippen molar-refractivity contribution in [3.8, 4) is 0 Å². The Morgan fingerprint density at radius 2 is 1.90 bits per heavy atom. The molecule has 2 N–H and O–H groups in total. The number of amides is 1. The maximum Gasteiger partial charge on any atom is 0.276 e. The minimum atomic E-state index is -0.134. The highest BCUT2D eigenvalue weighted by Gasteiger charge is 2.12. The fourth-order valence-electron chi connectivity index (χ4n) is 3.71. The van der Waals surface area contributed by atoms with Gasteiger partial charge in [-0.15, -0.1) is 0 Å². The van der Waals surface area contributed by atoms with Gasteiger partial charge in [0.1, 0.15) is 5.52 Å². The van der Waals surface area contributed by atoms with E-state index in [0.717, 1.165) is 16.8 Å². The molecule has 0 bridgehead atoms. The second-order valence-electron chi connectivity index (χ2n) is 7.28. The topological polar surface area (TPSA) is 97.1 Å². The van der Waals surface area contributed by atoms with Crippen LogP contribution in [0, 0.1) is 0 Å². The fraction of sp³-hybridized carbons (Fsp3) is 0.130. The van der Waals surface area contributed by atoms with E-state index in [-0.39, 0.29) is 11.5 Å². The molecular weight excluding hydrogens is 392 g/mol. The zero-order valence-corrected chi connectivity index (χ0v) is 16.7. The molecule has 0 aliphatic rings. The highest BCUT2D eigenvalue weighted by atomic mass is 16.1. The Morgan fingerprint density at radius 1 is 1.06 bits per heavy atom. The van der Waals surface area contributed by atoms with E-state index >= 15 is 0 Å². The lowest BCUT2D eigenvalue weighted by molar-refractivity contribution is 0.0954. The lowest BCUT2D eigenvalue weighted by Crippen LogP contribution is -2.26. The smallest absolute Gasteiger partial charge is 0.276 e. The van der Waals surface area contributed by atoms with Crippen molar-refractivity contribution in [1.29, 1.82) is 0 Å². The molecular formula is C23H20N6O2. The van der Waals surface area contributed by atoms with Gasteiger partial charge in [-0.2, -0.15) is 0 Å². The summed E-state index contributed by atoms with van der Waals surface area (Å²) < 4.78 is 3.53. The number of rotatable bonds is 6. The van der Waals surface area contributed by atoms with Crippen molar-refractivity contribution in [1.82, 2.24) is 29.2 Å². The number of H-pyrrole nitrogens is 1. The first-order chi connectivity index (χ1) is 15.2. The molecule has 0 saturated heterocycles. The number of nitrogens with one attached hydrogen (secondary N) is 2. The van der Waals surface area contributed by atoms with E-state index in [9.17, 15) is 9.59 Å². The third-order valence-corrected chi connectivity index (χ3v) is 5.29. The summed E-state index contributed by atoms with van der Waals surface area (Å²) in [5, 5.41) is 2.90. The van der Waals surface area contributed by atoms with Crippen molar-refractivity contribution in [2.45, 2.75) is 13.0 Å². The van der Waals surface area contributed by atoms with E-state index in [1.165, 1.54) is 0 Å². The van der Waals surface area contributed by atoms with Crippen LogP contribution in [0.3, 0.4) is 0 Å². The second-order valence-corrected chi connectivity index (χ2v) is 7.28. The maximum absolute atomic E-state index is 13.0. The molecule has 1 amide bonds. The number of nitrogens with zero attached hydrogens (tertiary/aromatic N) is 4. The van der Waals surface area contributed by atoms with Gasteiger partial charge in [0, 0.05) is 42.8 Å². The average molecular weight is 412 g/mol. The van der Waals surface area contributed by atoms with Crippen LogP contribution in [0.25, 0.3) is 16.7 Å². The van der Waals surface area contributed by atoms with Crippen molar-refractivity contribution in [2.24, 2.45) is 0 Å². The van der Waals surface area contributed by atoms with Gasteiger partial charge in [-0.25, -0.2) is 9.97 Å². The number of hydrogen-bond donors (Lipinski definition) is 2. The molecule has 1 aromatic carbocycles. The minimum absolute atomic E-state index is 0.100. The van der Waals surface area contributed by atoms with Crippen LogP contribution in [0.15, 0.2) is 78.2 Å². The highest BCUT2D eigenvalue weighted by Crippen LogP contribution is 2.15. The fourth-order valence-corrected chi connectivity index (χ4v) is 3.71. The Bertz CT molecular complexity index is 1410. The predicted molar refractivity (Wildman–Crippen MR) is 117 cm³/mol. The van der Waals surface area contributed by atoms with Crippen molar-refractivity contribution >= 4 is 22.6 Å². The lowest BCUT2D eigenvalue weighted by Gasteiger charge is -2.12. The Balaban J connectivity index is 1.36. The van der Waals surface area contributed by atoms with Crippen LogP contribution in [0.1, 0.15) is 21.6 Å². The number of hydrogen-bond acceptors (Lipinski definition) is 4. The first-order valence-electron chi connectivity index (χ1n) is 10.00. The Labute approximate surface area is 177 Å². The molecule has 0 spiro atoms. The van der Waals surface area contributed by atoms with Crippen molar-refractivity contribution in [3.63, 3.8) is 0 Å². The first-order valence-corrected chi connectivity index (χ1v) is 10.00. The van der Waals surface area contributed by atoms with Crippen LogP contribution < -0.4 is 10.9 Å². The van der Waals surface area contributed by atoms with Crippen LogP contribution in [0.5, 0.6) is 0 Å². The molecule has 0 aliphatic carbocycles. The summed E-state index contributed by atoms with van der Waals surface area (Å²) in [6.45, 7) is 0.892. The minimum Gasteiger partial charge on any atom is -0.352 e. The number of benzene rings is 1. The largest absolute Gasteiger partial charge is 0.352 e. The van der Waals surface area contributed by atoms with Gasteiger partial charge in [0.2, 0.25) is 0 Å². The van der Waals surface area contributed by atoms with E-state index in [1.54, 1.807) is 35.4 Å². The summed E-state index contributed by atoms with van der Waals surface area (Å²) in [5.41, 5.74) is 4.46. The number of imidazole rings is 1. The summed E-state index contributed by atoms with van der Waals surface area (Å²) in [5.74, 6) is -0.134. The van der Waals surface area contributed by atoms with Gasteiger partial charge in [-0.1, -0.05) is 12.1 Å². The van der Waals surface area contributed by atoms with Crippen molar-refractivity contribution in [3.05, 3.63) is 101 Å². The molecule has 5 aromatic rings. The Kier molecular flexibility index (Phi) is 4.80. The maximum atomic E-state index is 13.0.